The van der Waals surface area contributed by atoms with Gasteiger partial charge in [0.2, 0.25) is 0 Å². The molecule has 2 aromatic heterocycles. The van der Waals surface area contributed by atoms with Crippen LogP contribution in [0.25, 0.3) is 21.8 Å². The molecule has 0 aliphatic heterocycles. The maximum atomic E-state index is 4.08. The molecule has 3 heteroatoms. The summed E-state index contributed by atoms with van der Waals surface area (Å²) in [4.78, 5) is 9.36. The van der Waals surface area contributed by atoms with Crippen LogP contribution in [0.3, 0.4) is 0 Å². The zero-order valence-electron chi connectivity index (χ0n) is 8.37. The monoisotopic (exact) mass is 310 g/mol. The van der Waals surface area contributed by atoms with Gasteiger partial charge in [-0.3, -0.25) is 4.98 Å². The van der Waals surface area contributed by atoms with Crippen molar-refractivity contribution in [3.8, 4) is 0 Å². The first kappa shape index (κ1) is 10.4. The summed E-state index contributed by atoms with van der Waals surface area (Å²) < 4.78 is 0. The predicted octanol–water partition coefficient (Wildman–Crippen LogP) is 3.77. The lowest BCUT2D eigenvalue weighted by atomic mass is 10.2. The average molecular weight is 310 g/mol. The number of aromatic amines is 1. The molecular weight excluding hydrogens is 299 g/mol. The SMILES string of the molecule is CI.c1ccc2c(c1)[nH]c1cnccc12. The van der Waals surface area contributed by atoms with Gasteiger partial charge in [-0.15, -0.1) is 0 Å². The molecule has 0 saturated carbocycles. The van der Waals surface area contributed by atoms with E-state index in [4.69, 9.17) is 0 Å². The van der Waals surface area contributed by atoms with Crippen LogP contribution < -0.4 is 0 Å². The van der Waals surface area contributed by atoms with Gasteiger partial charge < -0.3 is 4.98 Å². The number of alkyl halides is 1. The largest absolute Gasteiger partial charge is 0.353 e. The van der Waals surface area contributed by atoms with Gasteiger partial charge in [0.05, 0.1) is 11.7 Å². The Morgan fingerprint density at radius 3 is 2.60 bits per heavy atom. The summed E-state index contributed by atoms with van der Waals surface area (Å²) in [7, 11) is 0. The fraction of sp³-hybridized carbons (Fsp3) is 0.0833. The van der Waals surface area contributed by atoms with E-state index >= 15 is 0 Å². The van der Waals surface area contributed by atoms with Crippen LogP contribution in [-0.4, -0.2) is 14.9 Å². The molecule has 0 amide bonds. The summed E-state index contributed by atoms with van der Waals surface area (Å²) in [5.74, 6) is 0. The van der Waals surface area contributed by atoms with E-state index in [-0.39, 0.29) is 0 Å². The summed E-state index contributed by atoms with van der Waals surface area (Å²) in [6.07, 6.45) is 3.68. The fourth-order valence-electron chi connectivity index (χ4n) is 1.70. The molecule has 0 atom stereocenters. The standard InChI is InChI=1S/C11H8N2.CH3I/c1-2-4-10-8(3-1)9-5-6-12-7-11(9)13-10;1-2/h1-7,13H;1H3. The quantitative estimate of drug-likeness (QED) is 0.497. The smallest absolute Gasteiger partial charge is 0.0651 e. The first-order chi connectivity index (χ1) is 7.45. The highest BCUT2D eigenvalue weighted by Gasteiger charge is 2.00. The Morgan fingerprint density at radius 1 is 1.00 bits per heavy atom. The first-order valence-corrected chi connectivity index (χ1v) is 6.79. The third-order valence-corrected chi connectivity index (χ3v) is 2.31. The Kier molecular flexibility index (Phi) is 3.20. The van der Waals surface area contributed by atoms with Crippen LogP contribution >= 0.6 is 22.6 Å². The van der Waals surface area contributed by atoms with E-state index < -0.39 is 0 Å². The van der Waals surface area contributed by atoms with Gasteiger partial charge in [0, 0.05) is 22.5 Å². The number of hydrogen-bond donors (Lipinski definition) is 1. The number of para-hydroxylation sites is 1. The molecule has 0 bridgehead atoms. The Balaban J connectivity index is 0.000000404. The summed E-state index contributed by atoms with van der Waals surface area (Å²) in [5.41, 5.74) is 2.27. The van der Waals surface area contributed by atoms with Crippen LogP contribution in [0.1, 0.15) is 0 Å². The molecule has 15 heavy (non-hydrogen) atoms. The highest BCUT2D eigenvalue weighted by molar-refractivity contribution is 14.1. The maximum absolute atomic E-state index is 4.08. The lowest BCUT2D eigenvalue weighted by Crippen LogP contribution is -1.68. The van der Waals surface area contributed by atoms with Crippen LogP contribution in [0, 0.1) is 0 Å². The number of aromatic nitrogens is 2. The first-order valence-electron chi connectivity index (χ1n) is 4.63. The number of benzene rings is 1. The summed E-state index contributed by atoms with van der Waals surface area (Å²) in [5, 5.41) is 2.51. The molecule has 0 unspecified atom stereocenters. The van der Waals surface area contributed by atoms with Gasteiger partial charge in [0.25, 0.3) is 0 Å². The lowest BCUT2D eigenvalue weighted by Gasteiger charge is -1.87. The second kappa shape index (κ2) is 4.61. The number of nitrogens with zero attached hydrogens (tertiary/aromatic N) is 1. The van der Waals surface area contributed by atoms with Gasteiger partial charge in [-0.25, -0.2) is 0 Å². The van der Waals surface area contributed by atoms with Gasteiger partial charge in [0.1, 0.15) is 0 Å². The minimum absolute atomic E-state index is 1.10. The zero-order chi connectivity index (χ0) is 10.7. The molecule has 76 valence electrons. The second-order valence-electron chi connectivity index (χ2n) is 3.09. The van der Waals surface area contributed by atoms with Crippen molar-refractivity contribution in [2.24, 2.45) is 0 Å². The van der Waals surface area contributed by atoms with Crippen molar-refractivity contribution in [3.63, 3.8) is 0 Å². The Labute approximate surface area is 102 Å². The second-order valence-corrected chi connectivity index (χ2v) is 3.09. The molecular formula is C12H11IN2. The molecule has 0 radical (unpaired) electrons. The molecule has 0 aliphatic carbocycles. The number of nitrogens with one attached hydrogen (secondary N) is 1. The molecule has 1 aromatic carbocycles. The van der Waals surface area contributed by atoms with E-state index in [9.17, 15) is 0 Å². The fourth-order valence-corrected chi connectivity index (χ4v) is 1.70. The van der Waals surface area contributed by atoms with E-state index in [1.54, 1.807) is 0 Å². The van der Waals surface area contributed by atoms with Crippen molar-refractivity contribution in [1.29, 1.82) is 0 Å². The average Bonchev–Trinajstić information content (AvgIpc) is 2.70. The number of halogens is 1. The van der Waals surface area contributed by atoms with Gasteiger partial charge in [-0.2, -0.15) is 0 Å². The third kappa shape index (κ3) is 1.84. The normalized spacial score (nSPS) is 10.0. The minimum atomic E-state index is 1.10. The van der Waals surface area contributed by atoms with Crippen molar-refractivity contribution < 1.29 is 0 Å². The maximum Gasteiger partial charge on any atom is 0.0651 e. The van der Waals surface area contributed by atoms with Gasteiger partial charge >= 0.3 is 0 Å². The molecule has 0 aliphatic rings. The number of rotatable bonds is 0. The number of H-pyrrole nitrogens is 1. The van der Waals surface area contributed by atoms with Gasteiger partial charge in [-0.05, 0) is 17.1 Å². The van der Waals surface area contributed by atoms with E-state index in [2.05, 4.69) is 50.8 Å². The van der Waals surface area contributed by atoms with Gasteiger partial charge in [0.15, 0.2) is 0 Å². The van der Waals surface area contributed by atoms with Crippen LogP contribution in [0.2, 0.25) is 0 Å². The Bertz CT molecular complexity index is 521. The zero-order valence-corrected chi connectivity index (χ0v) is 10.5. The van der Waals surface area contributed by atoms with Crippen molar-refractivity contribution in [3.05, 3.63) is 42.7 Å². The topological polar surface area (TPSA) is 28.7 Å². The molecule has 0 saturated heterocycles. The van der Waals surface area contributed by atoms with E-state index in [0.29, 0.717) is 0 Å². The highest BCUT2D eigenvalue weighted by Crippen LogP contribution is 2.23. The summed E-state index contributed by atoms with van der Waals surface area (Å²) >= 11 is 2.15. The van der Waals surface area contributed by atoms with E-state index in [1.807, 2.05) is 29.5 Å². The molecule has 2 heterocycles. The Hall–Kier alpha value is -1.10. The van der Waals surface area contributed by atoms with Crippen LogP contribution in [0.5, 0.6) is 0 Å². The third-order valence-electron chi connectivity index (χ3n) is 2.31. The molecule has 1 N–H and O–H groups in total. The number of pyridine rings is 1. The predicted molar refractivity (Wildman–Crippen MR) is 73.5 cm³/mol. The van der Waals surface area contributed by atoms with Crippen LogP contribution in [0.4, 0.5) is 0 Å². The summed E-state index contributed by atoms with van der Waals surface area (Å²) in [6.45, 7) is 0. The molecule has 3 rings (SSSR count). The highest BCUT2D eigenvalue weighted by atomic mass is 127. The molecule has 3 aromatic rings. The Morgan fingerprint density at radius 2 is 1.73 bits per heavy atom. The number of fused-ring (bicyclic) bond motifs is 3. The van der Waals surface area contributed by atoms with Crippen molar-refractivity contribution in [2.45, 2.75) is 0 Å². The van der Waals surface area contributed by atoms with E-state index in [1.165, 1.54) is 16.3 Å². The molecule has 2 nitrogen and oxygen atoms in total. The molecule has 0 fully saturated rings. The van der Waals surface area contributed by atoms with E-state index in [0.717, 1.165) is 5.52 Å². The lowest BCUT2D eigenvalue weighted by molar-refractivity contribution is 1.35. The van der Waals surface area contributed by atoms with Gasteiger partial charge in [-0.1, -0.05) is 40.8 Å². The van der Waals surface area contributed by atoms with Crippen LogP contribution in [0.15, 0.2) is 42.7 Å². The number of hydrogen-bond acceptors (Lipinski definition) is 1. The molecule has 0 spiro atoms. The van der Waals surface area contributed by atoms with Crippen molar-refractivity contribution in [1.82, 2.24) is 9.97 Å². The van der Waals surface area contributed by atoms with Crippen molar-refractivity contribution in [2.75, 3.05) is 4.93 Å². The van der Waals surface area contributed by atoms with Crippen LogP contribution in [-0.2, 0) is 0 Å². The van der Waals surface area contributed by atoms with Crippen molar-refractivity contribution >= 4 is 44.4 Å². The summed E-state index contributed by atoms with van der Waals surface area (Å²) in [6, 6.07) is 10.3. The minimum Gasteiger partial charge on any atom is -0.353 e.